The Morgan fingerprint density at radius 1 is 1.22 bits per heavy atom. The van der Waals surface area contributed by atoms with Gasteiger partial charge in [-0.1, -0.05) is 32.9 Å². The second kappa shape index (κ2) is 8.05. The van der Waals surface area contributed by atoms with Gasteiger partial charge in [0.25, 0.3) is 5.78 Å². The molecular formula is C26H32O6. The van der Waals surface area contributed by atoms with E-state index in [1.807, 2.05) is 33.8 Å². The molecule has 6 nitrogen and oxygen atoms in total. The summed E-state index contributed by atoms with van der Waals surface area (Å²) in [5.41, 5.74) is 2.08. The number of ether oxygens (including phenoxy) is 3. The SMILES string of the molecule is CC(=O)O[C@]1([C@@H]2OC(C(=O)CC(C)C)=C(C)[C@H]3CC[C@H](C)[C@H]32)Oc2cccc(C)c2C1=O. The second-order valence-electron chi connectivity index (χ2n) is 9.95. The molecule has 0 unspecified atom stereocenters. The summed E-state index contributed by atoms with van der Waals surface area (Å²) in [5, 5.41) is 0. The third kappa shape index (κ3) is 3.44. The zero-order valence-corrected chi connectivity index (χ0v) is 19.7. The van der Waals surface area contributed by atoms with Crippen molar-refractivity contribution in [3.8, 4) is 5.75 Å². The number of carbonyl (C=O) groups excluding carboxylic acids is 3. The fraction of sp³-hybridized carbons (Fsp3) is 0.577. The molecule has 1 saturated carbocycles. The van der Waals surface area contributed by atoms with Crippen LogP contribution in [0.25, 0.3) is 0 Å². The minimum Gasteiger partial charge on any atom is -0.478 e. The molecule has 0 amide bonds. The van der Waals surface area contributed by atoms with Crippen molar-refractivity contribution in [1.82, 2.24) is 0 Å². The van der Waals surface area contributed by atoms with Crippen LogP contribution in [0.2, 0.25) is 0 Å². The molecule has 1 fully saturated rings. The van der Waals surface area contributed by atoms with E-state index in [0.717, 1.165) is 24.0 Å². The maximum atomic E-state index is 13.8. The molecule has 4 rings (SSSR count). The van der Waals surface area contributed by atoms with Crippen LogP contribution in [0, 0.1) is 30.6 Å². The summed E-state index contributed by atoms with van der Waals surface area (Å²) in [4.78, 5) is 39.2. The summed E-state index contributed by atoms with van der Waals surface area (Å²) in [5.74, 6) is -2.04. The third-order valence-corrected chi connectivity index (χ3v) is 7.12. The zero-order chi connectivity index (χ0) is 23.4. The molecule has 2 heterocycles. The third-order valence-electron chi connectivity index (χ3n) is 7.12. The van der Waals surface area contributed by atoms with E-state index in [0.29, 0.717) is 23.5 Å². The number of benzene rings is 1. The van der Waals surface area contributed by atoms with Crippen molar-refractivity contribution in [2.45, 2.75) is 72.7 Å². The fourth-order valence-electron chi connectivity index (χ4n) is 5.71. The van der Waals surface area contributed by atoms with Crippen LogP contribution >= 0.6 is 0 Å². The predicted molar refractivity (Wildman–Crippen MR) is 118 cm³/mol. The molecule has 5 atom stereocenters. The lowest BCUT2D eigenvalue weighted by molar-refractivity contribution is -0.222. The number of esters is 1. The van der Waals surface area contributed by atoms with Crippen LogP contribution in [0.15, 0.2) is 29.5 Å². The smallest absolute Gasteiger partial charge is 0.357 e. The molecule has 0 aromatic heterocycles. The average molecular weight is 441 g/mol. The Hall–Kier alpha value is -2.63. The predicted octanol–water partition coefficient (Wildman–Crippen LogP) is 4.78. The van der Waals surface area contributed by atoms with Crippen molar-refractivity contribution >= 4 is 17.5 Å². The highest BCUT2D eigenvalue weighted by atomic mass is 16.7. The van der Waals surface area contributed by atoms with E-state index in [4.69, 9.17) is 14.2 Å². The molecule has 1 aromatic carbocycles. The highest BCUT2D eigenvalue weighted by Gasteiger charge is 2.65. The average Bonchev–Trinajstić information content (AvgIpc) is 3.21. The second-order valence-corrected chi connectivity index (χ2v) is 9.95. The quantitative estimate of drug-likeness (QED) is 0.613. The molecule has 0 bridgehead atoms. The monoisotopic (exact) mass is 440 g/mol. The molecule has 172 valence electrons. The first-order valence-electron chi connectivity index (χ1n) is 11.5. The zero-order valence-electron chi connectivity index (χ0n) is 19.7. The summed E-state index contributed by atoms with van der Waals surface area (Å²) in [6, 6.07) is 5.33. The molecular weight excluding hydrogens is 408 g/mol. The Kier molecular flexibility index (Phi) is 5.68. The van der Waals surface area contributed by atoms with Gasteiger partial charge >= 0.3 is 11.8 Å². The summed E-state index contributed by atoms with van der Waals surface area (Å²) in [7, 11) is 0. The van der Waals surface area contributed by atoms with Crippen LogP contribution in [0.5, 0.6) is 5.75 Å². The number of hydrogen-bond donors (Lipinski definition) is 0. The van der Waals surface area contributed by atoms with E-state index in [-0.39, 0.29) is 29.5 Å². The number of ketones is 2. The van der Waals surface area contributed by atoms with Gasteiger partial charge in [-0.3, -0.25) is 14.4 Å². The van der Waals surface area contributed by atoms with Crippen LogP contribution in [-0.4, -0.2) is 29.4 Å². The van der Waals surface area contributed by atoms with E-state index in [2.05, 4.69) is 6.92 Å². The van der Waals surface area contributed by atoms with Gasteiger partial charge < -0.3 is 14.2 Å². The Bertz CT molecular complexity index is 1010. The molecule has 2 aliphatic heterocycles. The molecule has 1 aromatic rings. The van der Waals surface area contributed by atoms with Gasteiger partial charge in [0.05, 0.1) is 5.56 Å². The van der Waals surface area contributed by atoms with Gasteiger partial charge in [-0.25, -0.2) is 0 Å². The van der Waals surface area contributed by atoms with E-state index in [1.165, 1.54) is 6.92 Å². The Balaban J connectivity index is 1.84. The number of hydrogen-bond acceptors (Lipinski definition) is 6. The summed E-state index contributed by atoms with van der Waals surface area (Å²) in [6.45, 7) is 11.1. The fourth-order valence-corrected chi connectivity index (χ4v) is 5.71. The lowest BCUT2D eigenvalue weighted by atomic mass is 9.75. The number of aryl methyl sites for hydroxylation is 1. The van der Waals surface area contributed by atoms with E-state index in [9.17, 15) is 14.4 Å². The normalized spacial score (nSPS) is 31.2. The van der Waals surface area contributed by atoms with Crippen molar-refractivity contribution in [2.75, 3.05) is 0 Å². The first-order valence-corrected chi connectivity index (χ1v) is 11.5. The van der Waals surface area contributed by atoms with Crippen LogP contribution in [-0.2, 0) is 19.1 Å². The summed E-state index contributed by atoms with van der Waals surface area (Å²) in [6.07, 6.45) is 1.28. The first-order chi connectivity index (χ1) is 15.1. The Labute approximate surface area is 189 Å². The maximum Gasteiger partial charge on any atom is 0.357 e. The summed E-state index contributed by atoms with van der Waals surface area (Å²) < 4.78 is 18.3. The highest BCUT2D eigenvalue weighted by Crippen LogP contribution is 2.54. The molecule has 0 saturated heterocycles. The number of allylic oxidation sites excluding steroid dienone is 2. The number of fused-ring (bicyclic) bond motifs is 2. The topological polar surface area (TPSA) is 78.9 Å². The van der Waals surface area contributed by atoms with Crippen molar-refractivity contribution in [2.24, 2.45) is 23.7 Å². The van der Waals surface area contributed by atoms with E-state index in [1.54, 1.807) is 12.1 Å². The van der Waals surface area contributed by atoms with Gasteiger partial charge in [-0.05, 0) is 61.6 Å². The van der Waals surface area contributed by atoms with Gasteiger partial charge in [0.15, 0.2) is 17.6 Å². The number of carbonyl (C=O) groups is 3. The van der Waals surface area contributed by atoms with Crippen molar-refractivity contribution in [3.05, 3.63) is 40.7 Å². The largest absolute Gasteiger partial charge is 0.478 e. The lowest BCUT2D eigenvalue weighted by Gasteiger charge is -2.44. The van der Waals surface area contributed by atoms with Gasteiger partial charge in [0.1, 0.15) is 5.75 Å². The molecule has 6 heteroatoms. The van der Waals surface area contributed by atoms with E-state index >= 15 is 0 Å². The molecule has 0 N–H and O–H groups in total. The summed E-state index contributed by atoms with van der Waals surface area (Å²) >= 11 is 0. The minimum atomic E-state index is -1.94. The van der Waals surface area contributed by atoms with Crippen LogP contribution in [0.3, 0.4) is 0 Å². The number of Topliss-reactive ketones (excluding diaryl/α,β-unsaturated/α-hetero) is 2. The Morgan fingerprint density at radius 3 is 2.56 bits per heavy atom. The van der Waals surface area contributed by atoms with Crippen LogP contribution in [0.1, 0.15) is 69.8 Å². The van der Waals surface area contributed by atoms with Crippen LogP contribution < -0.4 is 4.74 Å². The van der Waals surface area contributed by atoms with Gasteiger partial charge in [0, 0.05) is 19.3 Å². The molecule has 0 spiro atoms. The highest BCUT2D eigenvalue weighted by molar-refractivity contribution is 6.09. The first kappa shape index (κ1) is 22.6. The molecule has 1 aliphatic carbocycles. The van der Waals surface area contributed by atoms with Gasteiger partial charge in [-0.15, -0.1) is 0 Å². The molecule has 32 heavy (non-hydrogen) atoms. The van der Waals surface area contributed by atoms with E-state index < -0.39 is 23.6 Å². The maximum absolute atomic E-state index is 13.8. The number of rotatable bonds is 5. The van der Waals surface area contributed by atoms with Crippen molar-refractivity contribution in [3.63, 3.8) is 0 Å². The Morgan fingerprint density at radius 2 is 1.94 bits per heavy atom. The van der Waals surface area contributed by atoms with Crippen molar-refractivity contribution < 1.29 is 28.6 Å². The lowest BCUT2D eigenvalue weighted by Crippen LogP contribution is -2.60. The minimum absolute atomic E-state index is 0.0727. The molecule has 0 radical (unpaired) electrons. The van der Waals surface area contributed by atoms with Crippen molar-refractivity contribution in [1.29, 1.82) is 0 Å². The van der Waals surface area contributed by atoms with Gasteiger partial charge in [0.2, 0.25) is 0 Å². The van der Waals surface area contributed by atoms with Gasteiger partial charge in [-0.2, -0.15) is 0 Å². The van der Waals surface area contributed by atoms with Crippen LogP contribution in [0.4, 0.5) is 0 Å². The standard InChI is InChI=1S/C26H32O6/c1-13(2)12-19(28)23-16(5)18-11-10-15(4)21(18)25(30-23)26(31-17(6)27)24(29)22-14(3)8-7-9-20(22)32-26/h7-9,13,15,18,21,25H,10-12H2,1-6H3/t15-,18+,21+,25+,26-/m0/s1. The molecule has 3 aliphatic rings.